The van der Waals surface area contributed by atoms with Crippen LogP contribution in [0, 0.1) is 0 Å². The molecule has 0 bridgehead atoms. The lowest BCUT2D eigenvalue weighted by atomic mass is 10.1. The van der Waals surface area contributed by atoms with Crippen LogP contribution in [-0.4, -0.2) is 24.7 Å². The molecule has 0 saturated heterocycles. The van der Waals surface area contributed by atoms with Crippen LogP contribution in [0.5, 0.6) is 5.88 Å². The van der Waals surface area contributed by atoms with Gasteiger partial charge in [-0.2, -0.15) is 14.6 Å². The van der Waals surface area contributed by atoms with Gasteiger partial charge >= 0.3 is 0 Å². The van der Waals surface area contributed by atoms with Crippen LogP contribution in [-0.2, 0) is 6.42 Å². The molecular formula is C12H9ClN4O2. The van der Waals surface area contributed by atoms with Gasteiger partial charge in [0, 0.05) is 11.4 Å². The Bertz CT molecular complexity index is 809. The summed E-state index contributed by atoms with van der Waals surface area (Å²) in [5.74, 6) is -0.00595. The summed E-state index contributed by atoms with van der Waals surface area (Å²) < 4.78 is 1.18. The largest absolute Gasteiger partial charge is 0.493 e. The average Bonchev–Trinajstić information content (AvgIpc) is 2.83. The number of rotatable bonds is 2. The lowest BCUT2D eigenvalue weighted by Crippen LogP contribution is -2.16. The van der Waals surface area contributed by atoms with Gasteiger partial charge in [-0.15, -0.1) is 0 Å². The third-order valence-corrected chi connectivity index (χ3v) is 3.02. The molecule has 19 heavy (non-hydrogen) atoms. The molecule has 0 saturated carbocycles. The highest BCUT2D eigenvalue weighted by Crippen LogP contribution is 2.18. The van der Waals surface area contributed by atoms with E-state index in [1.54, 1.807) is 18.2 Å². The third kappa shape index (κ3) is 2.06. The number of nitrogens with zero attached hydrogens (tertiary/aromatic N) is 3. The van der Waals surface area contributed by atoms with E-state index in [4.69, 9.17) is 11.6 Å². The first-order valence-electron chi connectivity index (χ1n) is 5.53. The van der Waals surface area contributed by atoms with Crippen molar-refractivity contribution in [2.45, 2.75) is 6.42 Å². The third-order valence-electron chi connectivity index (χ3n) is 2.79. The quantitative estimate of drug-likeness (QED) is 0.740. The van der Waals surface area contributed by atoms with Crippen LogP contribution in [0.25, 0.3) is 5.78 Å². The number of H-pyrrole nitrogens is 1. The van der Waals surface area contributed by atoms with Crippen molar-refractivity contribution < 1.29 is 5.11 Å². The number of hydrogen-bond acceptors (Lipinski definition) is 4. The average molecular weight is 277 g/mol. The second-order valence-electron chi connectivity index (χ2n) is 4.06. The maximum absolute atomic E-state index is 11.9. The van der Waals surface area contributed by atoms with Crippen LogP contribution >= 0.6 is 11.6 Å². The molecule has 96 valence electrons. The number of hydrogen-bond donors (Lipinski definition) is 2. The van der Waals surface area contributed by atoms with Crippen LogP contribution in [0.4, 0.5) is 0 Å². The van der Waals surface area contributed by atoms with Gasteiger partial charge in [0.1, 0.15) is 6.33 Å². The zero-order valence-electron chi connectivity index (χ0n) is 9.67. The second kappa shape index (κ2) is 4.40. The van der Waals surface area contributed by atoms with E-state index in [1.807, 2.05) is 6.07 Å². The molecule has 2 N–H and O–H groups in total. The van der Waals surface area contributed by atoms with Crippen LogP contribution in [0.1, 0.15) is 11.1 Å². The SMILES string of the molecule is O=c1[nH]c2ncnn2c(O)c1Cc1cccc(Cl)c1. The molecule has 7 heteroatoms. The van der Waals surface area contributed by atoms with Gasteiger partial charge in [-0.1, -0.05) is 23.7 Å². The van der Waals surface area contributed by atoms with E-state index in [-0.39, 0.29) is 23.6 Å². The van der Waals surface area contributed by atoms with E-state index in [0.717, 1.165) is 5.56 Å². The lowest BCUT2D eigenvalue weighted by Gasteiger charge is -2.05. The number of aromatic hydroxyl groups is 1. The molecule has 0 amide bonds. The molecule has 1 aromatic carbocycles. The molecule has 0 atom stereocenters. The molecule has 6 nitrogen and oxygen atoms in total. The van der Waals surface area contributed by atoms with Gasteiger partial charge in [0.05, 0.1) is 5.56 Å². The topological polar surface area (TPSA) is 83.3 Å². The number of fused-ring (bicyclic) bond motifs is 1. The zero-order valence-corrected chi connectivity index (χ0v) is 10.4. The highest BCUT2D eigenvalue weighted by molar-refractivity contribution is 6.30. The zero-order chi connectivity index (χ0) is 13.4. The molecule has 2 aromatic heterocycles. The Balaban J connectivity index is 2.12. The fourth-order valence-corrected chi connectivity index (χ4v) is 2.11. The summed E-state index contributed by atoms with van der Waals surface area (Å²) in [4.78, 5) is 18.3. The van der Waals surface area contributed by atoms with Crippen LogP contribution < -0.4 is 5.56 Å². The Labute approximate surface area is 112 Å². The lowest BCUT2D eigenvalue weighted by molar-refractivity contribution is 0.427. The Kier molecular flexibility index (Phi) is 2.72. The molecule has 2 heterocycles. The van der Waals surface area contributed by atoms with Crippen molar-refractivity contribution in [2.75, 3.05) is 0 Å². The molecule has 3 aromatic rings. The molecule has 0 aliphatic carbocycles. The van der Waals surface area contributed by atoms with Gasteiger partial charge in [-0.3, -0.25) is 9.78 Å². The van der Waals surface area contributed by atoms with Crippen LogP contribution in [0.3, 0.4) is 0 Å². The summed E-state index contributed by atoms with van der Waals surface area (Å²) in [5.41, 5.74) is 0.658. The summed E-state index contributed by atoms with van der Waals surface area (Å²) in [5, 5.41) is 14.5. The molecule has 0 aliphatic rings. The number of halogens is 1. The molecule has 0 spiro atoms. The summed E-state index contributed by atoms with van der Waals surface area (Å²) in [6.07, 6.45) is 1.52. The Hall–Kier alpha value is -2.34. The standard InChI is InChI=1S/C12H9ClN4O2/c13-8-3-1-2-7(4-8)5-9-10(18)16-12-14-6-15-17(12)11(9)19/h1-4,6,19H,5H2,(H,14,15,16,18). The van der Waals surface area contributed by atoms with Gasteiger partial charge in [0.15, 0.2) is 0 Å². The predicted molar refractivity (Wildman–Crippen MR) is 69.5 cm³/mol. The monoisotopic (exact) mass is 276 g/mol. The molecular weight excluding hydrogens is 268 g/mol. The van der Waals surface area contributed by atoms with Crippen molar-refractivity contribution in [3.8, 4) is 5.88 Å². The molecule has 0 fully saturated rings. The fraction of sp³-hybridized carbons (Fsp3) is 0.0833. The number of aromatic amines is 1. The number of benzene rings is 1. The Morgan fingerprint density at radius 3 is 3.05 bits per heavy atom. The van der Waals surface area contributed by atoms with Crippen molar-refractivity contribution in [3.63, 3.8) is 0 Å². The molecule has 0 aliphatic heterocycles. The number of aromatic nitrogens is 4. The van der Waals surface area contributed by atoms with Crippen molar-refractivity contribution >= 4 is 17.4 Å². The minimum absolute atomic E-state index is 0.206. The van der Waals surface area contributed by atoms with Gasteiger partial charge in [0.2, 0.25) is 11.7 Å². The van der Waals surface area contributed by atoms with E-state index in [2.05, 4.69) is 15.1 Å². The highest BCUT2D eigenvalue weighted by atomic mass is 35.5. The summed E-state index contributed by atoms with van der Waals surface area (Å²) in [6.45, 7) is 0. The smallest absolute Gasteiger partial charge is 0.259 e. The van der Waals surface area contributed by atoms with Gasteiger partial charge in [-0.05, 0) is 17.7 Å². The second-order valence-corrected chi connectivity index (χ2v) is 4.49. The first-order chi connectivity index (χ1) is 9.15. The van der Waals surface area contributed by atoms with Gasteiger partial charge < -0.3 is 5.11 Å². The van der Waals surface area contributed by atoms with Crippen LogP contribution in [0.15, 0.2) is 35.4 Å². The van der Waals surface area contributed by atoms with Crippen molar-refractivity contribution in [1.29, 1.82) is 0 Å². The maximum Gasteiger partial charge on any atom is 0.259 e. The maximum atomic E-state index is 11.9. The molecule has 0 radical (unpaired) electrons. The van der Waals surface area contributed by atoms with E-state index in [1.165, 1.54) is 10.8 Å². The highest BCUT2D eigenvalue weighted by Gasteiger charge is 2.13. The van der Waals surface area contributed by atoms with E-state index in [9.17, 15) is 9.90 Å². The Morgan fingerprint density at radius 2 is 2.26 bits per heavy atom. The van der Waals surface area contributed by atoms with Crippen LogP contribution in [0.2, 0.25) is 5.02 Å². The summed E-state index contributed by atoms with van der Waals surface area (Å²) in [6, 6.07) is 7.11. The summed E-state index contributed by atoms with van der Waals surface area (Å²) >= 11 is 5.89. The van der Waals surface area contributed by atoms with E-state index in [0.29, 0.717) is 5.02 Å². The summed E-state index contributed by atoms with van der Waals surface area (Å²) in [7, 11) is 0. The predicted octanol–water partition coefficient (Wildman–Crippen LogP) is 1.37. The first-order valence-corrected chi connectivity index (χ1v) is 5.91. The normalized spacial score (nSPS) is 11.0. The molecule has 0 unspecified atom stereocenters. The first kappa shape index (κ1) is 11.7. The minimum Gasteiger partial charge on any atom is -0.493 e. The van der Waals surface area contributed by atoms with Crippen molar-refractivity contribution in [2.24, 2.45) is 0 Å². The molecule has 3 rings (SSSR count). The minimum atomic E-state index is -0.391. The fourth-order valence-electron chi connectivity index (χ4n) is 1.90. The van der Waals surface area contributed by atoms with E-state index < -0.39 is 5.56 Å². The van der Waals surface area contributed by atoms with Gasteiger partial charge in [0.25, 0.3) is 5.56 Å². The number of nitrogens with one attached hydrogen (secondary N) is 1. The van der Waals surface area contributed by atoms with Crippen molar-refractivity contribution in [3.05, 3.63) is 57.1 Å². The Morgan fingerprint density at radius 1 is 1.42 bits per heavy atom. The van der Waals surface area contributed by atoms with E-state index >= 15 is 0 Å². The van der Waals surface area contributed by atoms with Crippen molar-refractivity contribution in [1.82, 2.24) is 19.6 Å². The van der Waals surface area contributed by atoms with Gasteiger partial charge in [-0.25, -0.2) is 0 Å².